The maximum atomic E-state index is 2.57. The Morgan fingerprint density at radius 3 is 2.56 bits per heavy atom. The number of aromatic nitrogens is 1. The Kier molecular flexibility index (Phi) is 8.48. The minimum Gasteiger partial charge on any atom is -1.00 e. The number of para-hydroxylation sites is 1. The van der Waals surface area contributed by atoms with E-state index in [4.69, 9.17) is 0 Å². The topological polar surface area (TPSA) is 4.93 Å². The van der Waals surface area contributed by atoms with Gasteiger partial charge in [-0.25, -0.2) is 0 Å². The molecule has 0 aliphatic heterocycles. The van der Waals surface area contributed by atoms with Gasteiger partial charge in [-0.2, -0.15) is 0 Å². The van der Waals surface area contributed by atoms with Crippen LogP contribution in [0.1, 0.15) is 58.6 Å². The molecule has 1 unspecified atom stereocenters. The molecular weight excluding hydrogens is 512 g/mol. The van der Waals surface area contributed by atoms with Crippen molar-refractivity contribution >= 4 is 22.7 Å². The molecule has 2 aliphatic rings. The van der Waals surface area contributed by atoms with Crippen LogP contribution in [0.25, 0.3) is 22.7 Å². The summed E-state index contributed by atoms with van der Waals surface area (Å²) in [7, 11) is 0. The molecule has 1 atom stereocenters. The summed E-state index contributed by atoms with van der Waals surface area (Å²) in [6, 6.07) is 18.0. The molecule has 5 rings (SSSR count). The third kappa shape index (κ3) is 4.39. The fourth-order valence-corrected chi connectivity index (χ4v) is 9.31. The molecule has 0 saturated carbocycles. The van der Waals surface area contributed by atoms with E-state index >= 15 is 0 Å². The fraction of sp³-hybridized carbons (Fsp3) is 0.286. The van der Waals surface area contributed by atoms with Gasteiger partial charge in [-0.1, -0.05) is 0 Å². The fourth-order valence-electron chi connectivity index (χ4n) is 4.99. The molecule has 0 radical (unpaired) electrons. The summed E-state index contributed by atoms with van der Waals surface area (Å²) >= 11 is -0.810. The Morgan fingerprint density at radius 1 is 1.00 bits per heavy atom. The number of hydrogen-bond acceptors (Lipinski definition) is 0. The van der Waals surface area contributed by atoms with E-state index in [1.807, 2.05) is 3.28 Å². The standard InChI is InChI=1S/C19H16N.C9H13.2ClH.Zr/c1-13-14(2)20(19-10-6-5-9-18(13)19)17-11-15-7-3-4-8-16(15)12-17;1-2-3-6-9-7-4-5-8-9;;;/h3-12H,1-2H3;4,7H,2-3,5-6H2,1H3;2*1H;/q;;;;+2/p-2. The predicted octanol–water partition coefficient (Wildman–Crippen LogP) is 1.81. The van der Waals surface area contributed by atoms with Gasteiger partial charge in [0, 0.05) is 0 Å². The third-order valence-electron chi connectivity index (χ3n) is 6.74. The molecule has 0 bridgehead atoms. The summed E-state index contributed by atoms with van der Waals surface area (Å²) in [5, 5.41) is 1.39. The number of hydrogen-bond donors (Lipinski definition) is 0. The Balaban J connectivity index is 0.00000144. The number of benzene rings is 2. The molecule has 0 N–H and O–H groups in total. The predicted molar refractivity (Wildman–Crippen MR) is 125 cm³/mol. The summed E-state index contributed by atoms with van der Waals surface area (Å²) in [5.74, 6) is 0. The van der Waals surface area contributed by atoms with Crippen LogP contribution in [-0.4, -0.2) is 4.57 Å². The first-order valence-electron chi connectivity index (χ1n) is 11.2. The number of allylic oxidation sites excluding steroid dienone is 5. The van der Waals surface area contributed by atoms with Gasteiger partial charge >= 0.3 is 192 Å². The van der Waals surface area contributed by atoms with Crippen molar-refractivity contribution in [3.05, 3.63) is 91.9 Å². The number of halogens is 2. The van der Waals surface area contributed by atoms with Gasteiger partial charge in [0.2, 0.25) is 0 Å². The summed E-state index contributed by atoms with van der Waals surface area (Å²) < 4.78 is 4.97. The van der Waals surface area contributed by atoms with Crippen molar-refractivity contribution in [3.8, 4) is 0 Å². The van der Waals surface area contributed by atoms with Crippen molar-refractivity contribution in [1.82, 2.24) is 4.57 Å². The molecular formula is C28H29Cl2NZr. The van der Waals surface area contributed by atoms with Crippen molar-refractivity contribution in [1.29, 1.82) is 0 Å². The number of nitrogens with zero attached hydrogens (tertiary/aromatic N) is 1. The van der Waals surface area contributed by atoms with Crippen LogP contribution in [0.5, 0.6) is 0 Å². The van der Waals surface area contributed by atoms with E-state index < -0.39 is 23.2 Å². The zero-order chi connectivity index (χ0) is 20.7. The van der Waals surface area contributed by atoms with E-state index in [-0.39, 0.29) is 24.8 Å². The molecule has 164 valence electrons. The van der Waals surface area contributed by atoms with Crippen LogP contribution in [-0.2, 0) is 23.2 Å². The average Bonchev–Trinajstić information content (AvgIpc) is 3.43. The van der Waals surface area contributed by atoms with Crippen LogP contribution < -0.4 is 24.8 Å². The first kappa shape index (κ1) is 25.3. The van der Waals surface area contributed by atoms with Gasteiger partial charge in [0.15, 0.2) is 0 Å². The first-order chi connectivity index (χ1) is 14.7. The zero-order valence-electron chi connectivity index (χ0n) is 19.0. The van der Waals surface area contributed by atoms with Gasteiger partial charge in [-0.3, -0.25) is 0 Å². The van der Waals surface area contributed by atoms with Gasteiger partial charge in [0.05, 0.1) is 0 Å². The van der Waals surface area contributed by atoms with Gasteiger partial charge in [0.25, 0.3) is 0 Å². The number of rotatable bonds is 6. The van der Waals surface area contributed by atoms with Crippen molar-refractivity contribution in [2.24, 2.45) is 0 Å². The third-order valence-corrected chi connectivity index (χ3v) is 11.1. The van der Waals surface area contributed by atoms with Crippen molar-refractivity contribution in [2.45, 2.75) is 50.1 Å². The Morgan fingerprint density at radius 2 is 1.75 bits per heavy atom. The van der Waals surface area contributed by atoms with Gasteiger partial charge in [-0.05, 0) is 0 Å². The number of unbranched alkanes of at least 4 members (excludes halogenated alkanes) is 1. The summed E-state index contributed by atoms with van der Waals surface area (Å²) in [6.45, 7) is 6.87. The maximum Gasteiger partial charge on any atom is -1.00 e. The van der Waals surface area contributed by atoms with Crippen LogP contribution >= 0.6 is 0 Å². The van der Waals surface area contributed by atoms with Gasteiger partial charge in [-0.15, -0.1) is 0 Å². The minimum absolute atomic E-state index is 0. The SMILES string of the molecule is CCCCC1=[C]([Zr+2][CH]2C(n3c(C)c(C)c4ccccc43)=Cc3ccccc32)CC=C1.[Cl-].[Cl-]. The van der Waals surface area contributed by atoms with Crippen molar-refractivity contribution in [3.63, 3.8) is 0 Å². The molecule has 0 amide bonds. The largest absolute Gasteiger partial charge is 1.00 e. The second-order valence-electron chi connectivity index (χ2n) is 8.55. The Bertz CT molecular complexity index is 1220. The van der Waals surface area contributed by atoms with E-state index in [0.29, 0.717) is 3.63 Å². The molecule has 0 saturated heterocycles. The molecule has 32 heavy (non-hydrogen) atoms. The molecule has 1 nitrogen and oxygen atoms in total. The Hall–Kier alpha value is -1.34. The normalized spacial score (nSPS) is 16.5. The van der Waals surface area contributed by atoms with E-state index in [1.165, 1.54) is 59.1 Å². The molecule has 0 fully saturated rings. The molecule has 2 aromatic carbocycles. The summed E-state index contributed by atoms with van der Waals surface area (Å²) in [5.41, 5.74) is 10.3. The van der Waals surface area contributed by atoms with Crippen molar-refractivity contribution in [2.75, 3.05) is 0 Å². The second kappa shape index (κ2) is 10.7. The first-order valence-corrected chi connectivity index (χ1v) is 13.9. The Labute approximate surface area is 216 Å². The van der Waals surface area contributed by atoms with Crippen LogP contribution in [0, 0.1) is 13.8 Å². The average molecular weight is 542 g/mol. The quantitative estimate of drug-likeness (QED) is 0.449. The zero-order valence-corrected chi connectivity index (χ0v) is 22.9. The molecule has 2 aliphatic carbocycles. The molecule has 1 heterocycles. The van der Waals surface area contributed by atoms with E-state index in [2.05, 4.69) is 92.1 Å². The van der Waals surface area contributed by atoms with Crippen molar-refractivity contribution < 1.29 is 48.0 Å². The van der Waals surface area contributed by atoms with E-state index in [0.717, 1.165) is 0 Å². The summed E-state index contributed by atoms with van der Waals surface area (Å²) in [4.78, 5) is 0. The minimum atomic E-state index is -0.810. The van der Waals surface area contributed by atoms with Crippen LogP contribution in [0.2, 0.25) is 0 Å². The van der Waals surface area contributed by atoms with E-state index in [1.54, 1.807) is 11.1 Å². The van der Waals surface area contributed by atoms with Crippen LogP contribution in [0.15, 0.2) is 69.5 Å². The maximum absolute atomic E-state index is 2.57. The van der Waals surface area contributed by atoms with Gasteiger partial charge < -0.3 is 24.8 Å². The van der Waals surface area contributed by atoms with Crippen LogP contribution in [0.3, 0.4) is 0 Å². The number of aryl methyl sites for hydroxylation is 1. The van der Waals surface area contributed by atoms with Crippen LogP contribution in [0.4, 0.5) is 0 Å². The van der Waals surface area contributed by atoms with E-state index in [9.17, 15) is 0 Å². The van der Waals surface area contributed by atoms with Gasteiger partial charge in [0.1, 0.15) is 0 Å². The number of fused-ring (bicyclic) bond motifs is 2. The smallest absolute Gasteiger partial charge is 1.00 e. The molecule has 1 aromatic heterocycles. The molecule has 0 spiro atoms. The summed E-state index contributed by atoms with van der Waals surface area (Å²) in [6.07, 6.45) is 12.4. The molecule has 4 heteroatoms. The molecule has 3 aromatic rings. The second-order valence-corrected chi connectivity index (χ2v) is 12.2. The monoisotopic (exact) mass is 539 g/mol.